The molecule has 12 nitrogen and oxygen atoms in total. The highest BCUT2D eigenvalue weighted by molar-refractivity contribution is 6.39. The number of carbonyl (C=O) groups excluding carboxylic acids is 1. The predicted molar refractivity (Wildman–Crippen MR) is 49.8 cm³/mol. The van der Waals surface area contributed by atoms with Crippen LogP contribution in [0.2, 0.25) is 0 Å². The van der Waals surface area contributed by atoms with Crippen molar-refractivity contribution in [3.8, 4) is 0 Å². The topological polar surface area (TPSA) is 182 Å². The Labute approximate surface area is 92.0 Å². The molecule has 0 heterocycles. The van der Waals surface area contributed by atoms with E-state index in [1.807, 2.05) is 5.16 Å². The maximum absolute atomic E-state index is 10.7. The van der Waals surface area contributed by atoms with Gasteiger partial charge >= 0.3 is 5.79 Å². The van der Waals surface area contributed by atoms with Gasteiger partial charge in [0.1, 0.15) is 0 Å². The fourth-order valence-corrected chi connectivity index (χ4v) is 0.839. The summed E-state index contributed by atoms with van der Waals surface area (Å²) >= 11 is 0. The first-order chi connectivity index (χ1) is 7.70. The van der Waals surface area contributed by atoms with Crippen molar-refractivity contribution in [1.29, 1.82) is 0 Å². The van der Waals surface area contributed by atoms with Crippen molar-refractivity contribution in [3.63, 3.8) is 0 Å². The van der Waals surface area contributed by atoms with E-state index in [-0.39, 0.29) is 0 Å². The zero-order valence-corrected chi connectivity index (χ0v) is 8.26. The van der Waals surface area contributed by atoms with Crippen LogP contribution in [0, 0.1) is 35.6 Å². The van der Waals surface area contributed by atoms with Crippen molar-refractivity contribution in [3.05, 3.63) is 35.6 Å². The summed E-state index contributed by atoms with van der Waals surface area (Å²) in [6.45, 7) is 0.751. The van der Waals surface area contributed by atoms with Crippen molar-refractivity contribution in [2.75, 3.05) is 0 Å². The molecule has 0 amide bonds. The Morgan fingerprint density at radius 3 is 1.65 bits per heavy atom. The second-order valence-corrected chi connectivity index (χ2v) is 2.82. The molecular formula is C5H5N4O8-. The van der Waals surface area contributed by atoms with Crippen LogP contribution in [0.4, 0.5) is 0 Å². The second kappa shape index (κ2) is 4.91. The molecule has 0 atom stereocenters. The molecule has 0 N–H and O–H groups in total. The average Bonchev–Trinajstić information content (AvgIpc) is 2.16. The van der Waals surface area contributed by atoms with Crippen LogP contribution in [0.5, 0.6) is 0 Å². The van der Waals surface area contributed by atoms with Gasteiger partial charge in [-0.15, -0.1) is 0 Å². The highest BCUT2D eigenvalue weighted by atomic mass is 16.7. The van der Waals surface area contributed by atoms with Gasteiger partial charge in [0, 0.05) is 6.92 Å². The van der Waals surface area contributed by atoms with Gasteiger partial charge in [0.25, 0.3) is 0 Å². The van der Waals surface area contributed by atoms with E-state index in [9.17, 15) is 40.3 Å². The van der Waals surface area contributed by atoms with Crippen LogP contribution < -0.4 is 0 Å². The predicted octanol–water partition coefficient (Wildman–Crippen LogP) is -0.612. The van der Waals surface area contributed by atoms with Crippen molar-refractivity contribution in [2.45, 2.75) is 19.1 Å². The molecule has 17 heavy (non-hydrogen) atoms. The number of nitrogens with zero attached hydrogens (tertiary/aromatic N) is 4. The van der Waals surface area contributed by atoms with Crippen LogP contribution in [0.1, 0.15) is 13.3 Å². The zero-order valence-electron chi connectivity index (χ0n) is 8.26. The number of hydrogen-bond acceptors (Lipinski definition) is 9. The molecule has 0 aliphatic heterocycles. The lowest BCUT2D eigenvalue weighted by molar-refractivity contribution is -0.968. The number of ketones is 1. The molecule has 0 fully saturated rings. The van der Waals surface area contributed by atoms with Gasteiger partial charge in [0.2, 0.25) is 6.42 Å². The van der Waals surface area contributed by atoms with Crippen LogP contribution in [-0.4, -0.2) is 32.1 Å². The molecule has 12 heteroatoms. The third kappa shape index (κ3) is 2.47. The minimum atomic E-state index is -3.88. The number of nitro groups is 3. The van der Waals surface area contributed by atoms with Crippen molar-refractivity contribution in [1.82, 2.24) is 0 Å². The first-order valence-corrected chi connectivity index (χ1v) is 3.83. The first kappa shape index (κ1) is 14.3. The maximum Gasteiger partial charge on any atom is 0.705 e. The van der Waals surface area contributed by atoms with E-state index in [1.54, 1.807) is 0 Å². The minimum Gasteiger partial charge on any atom is -0.792 e. The Morgan fingerprint density at radius 1 is 1.12 bits per heavy atom. The Kier molecular flexibility index (Phi) is 4.14. The lowest BCUT2D eigenvalue weighted by Crippen LogP contribution is -2.55. The summed E-state index contributed by atoms with van der Waals surface area (Å²) in [7, 11) is 0. The molecule has 0 aromatic heterocycles. The van der Waals surface area contributed by atoms with Gasteiger partial charge < -0.3 is 10.4 Å². The summed E-state index contributed by atoms with van der Waals surface area (Å²) in [5.41, 5.74) is -1.14. The third-order valence-corrected chi connectivity index (χ3v) is 1.80. The summed E-state index contributed by atoms with van der Waals surface area (Å²) < 4.78 is 0. The zero-order chi connectivity index (χ0) is 13.8. The van der Waals surface area contributed by atoms with Gasteiger partial charge in [-0.3, -0.25) is 35.1 Å². The smallest absolute Gasteiger partial charge is 0.705 e. The van der Waals surface area contributed by atoms with E-state index in [0.717, 1.165) is 6.92 Å². The van der Waals surface area contributed by atoms with Crippen LogP contribution in [-0.2, 0) is 4.79 Å². The summed E-state index contributed by atoms with van der Waals surface area (Å²) in [4.78, 5) is 36.6. The fraction of sp³-hybridized carbons (Fsp3) is 0.600. The van der Waals surface area contributed by atoms with Crippen LogP contribution >= 0.6 is 0 Å². The summed E-state index contributed by atoms with van der Waals surface area (Å²) in [6, 6.07) is 0. The van der Waals surface area contributed by atoms with Crippen molar-refractivity contribution < 1.29 is 19.6 Å². The molecule has 0 radical (unpaired) electrons. The fourth-order valence-electron chi connectivity index (χ4n) is 0.839. The molecule has 0 saturated heterocycles. The molecule has 0 aromatic carbocycles. The van der Waals surface area contributed by atoms with Gasteiger partial charge in [-0.2, -0.15) is 0 Å². The highest BCUT2D eigenvalue weighted by Crippen LogP contribution is 2.18. The number of rotatable bonds is 6. The number of carbonyl (C=O) groups is 1. The number of Topliss-reactive ketones (excluding diaryl/α,β-unsaturated/α-hetero) is 1. The van der Waals surface area contributed by atoms with Crippen molar-refractivity contribution >= 4 is 11.5 Å². The summed E-state index contributed by atoms with van der Waals surface area (Å²) in [6.07, 6.45) is -1.61. The second-order valence-electron chi connectivity index (χ2n) is 2.82. The monoisotopic (exact) mass is 249 g/mol. The van der Waals surface area contributed by atoms with Gasteiger partial charge in [0.15, 0.2) is 20.6 Å². The first-order valence-electron chi connectivity index (χ1n) is 3.83. The molecule has 94 valence electrons. The normalized spacial score (nSPS) is 11.9. The molecule has 0 saturated carbocycles. The van der Waals surface area contributed by atoms with E-state index < -0.39 is 38.5 Å². The Hall–Kier alpha value is -2.66. The standard InChI is InChI=1S/C5H6N4O8/c1-3(10)4(6-11)2-5(7(12)13,8(14)15)9(16)17/h11H,2H2,1H3/p-1/b6-4-. The Balaban J connectivity index is 5.65. The molecule has 0 bridgehead atoms. The van der Waals surface area contributed by atoms with Gasteiger partial charge in [-0.05, 0) is 0 Å². The molecule has 0 aliphatic carbocycles. The SMILES string of the molecule is CC(=O)/C(CC([N+](=O)[O-])([N+](=O)[O-])[N+](=O)[O-])=N\[O-]. The molecule has 0 aromatic rings. The van der Waals surface area contributed by atoms with Gasteiger partial charge in [-0.25, -0.2) is 0 Å². The average molecular weight is 249 g/mol. The van der Waals surface area contributed by atoms with E-state index in [0.29, 0.717) is 0 Å². The van der Waals surface area contributed by atoms with E-state index in [1.165, 1.54) is 0 Å². The number of hydrogen-bond donors (Lipinski definition) is 0. The lowest BCUT2D eigenvalue weighted by Gasteiger charge is -2.10. The largest absolute Gasteiger partial charge is 0.792 e. The molecule has 0 aliphatic rings. The van der Waals surface area contributed by atoms with Crippen LogP contribution in [0.15, 0.2) is 5.16 Å². The molecular weight excluding hydrogens is 244 g/mol. The lowest BCUT2D eigenvalue weighted by atomic mass is 10.1. The Morgan fingerprint density at radius 2 is 1.47 bits per heavy atom. The third-order valence-electron chi connectivity index (χ3n) is 1.80. The van der Waals surface area contributed by atoms with Crippen molar-refractivity contribution in [2.24, 2.45) is 5.16 Å². The van der Waals surface area contributed by atoms with Crippen LogP contribution in [0.3, 0.4) is 0 Å². The molecule has 0 rings (SSSR count). The summed E-state index contributed by atoms with van der Waals surface area (Å²) in [5, 5.41) is 43.4. The molecule has 0 unspecified atom stereocenters. The van der Waals surface area contributed by atoms with Gasteiger partial charge in [-0.1, -0.05) is 0 Å². The van der Waals surface area contributed by atoms with E-state index >= 15 is 0 Å². The highest BCUT2D eigenvalue weighted by Gasteiger charge is 2.71. The molecule has 0 spiro atoms. The van der Waals surface area contributed by atoms with E-state index in [2.05, 4.69) is 0 Å². The van der Waals surface area contributed by atoms with E-state index in [4.69, 9.17) is 0 Å². The minimum absolute atomic E-state index is 0.751. The quantitative estimate of drug-likeness (QED) is 0.258. The maximum atomic E-state index is 10.7. The summed E-state index contributed by atoms with van der Waals surface area (Å²) in [5.74, 6) is -5.00. The van der Waals surface area contributed by atoms with Gasteiger partial charge in [0.05, 0.1) is 5.71 Å². The Bertz CT molecular complexity index is 378. The van der Waals surface area contributed by atoms with Crippen LogP contribution in [0.25, 0.3) is 0 Å².